The van der Waals surface area contributed by atoms with Crippen LogP contribution in [-0.4, -0.2) is 75.5 Å². The van der Waals surface area contributed by atoms with Gasteiger partial charge in [-0.25, -0.2) is 13.1 Å². The van der Waals surface area contributed by atoms with Crippen LogP contribution in [0, 0.1) is 17.8 Å². The smallest absolute Gasteiger partial charge is 0.320 e. The molecule has 2 saturated heterocycles. The maximum atomic E-state index is 13.7. The number of sulfonamides is 1. The minimum absolute atomic E-state index is 0.131. The molecule has 9 nitrogen and oxygen atoms in total. The number of esters is 2. The number of fused-ring (bicyclic) bond motifs is 1. The lowest BCUT2D eigenvalue weighted by atomic mass is 9.83. The first-order valence-electron chi connectivity index (χ1n) is 12.7. The third-order valence-electron chi connectivity index (χ3n) is 8.68. The molecule has 5 fully saturated rings. The number of carbonyl (C=O) groups excluding carboxylic acids is 2. The van der Waals surface area contributed by atoms with Gasteiger partial charge in [-0.3, -0.25) is 14.5 Å². The van der Waals surface area contributed by atoms with Crippen LogP contribution in [0.5, 0.6) is 0 Å². The van der Waals surface area contributed by atoms with Crippen LogP contribution < -0.4 is 4.72 Å². The van der Waals surface area contributed by atoms with Crippen molar-refractivity contribution in [3.63, 3.8) is 0 Å². The molecule has 2 heterocycles. The quantitative estimate of drug-likeness (QED) is 0.575. The van der Waals surface area contributed by atoms with Crippen molar-refractivity contribution in [2.45, 2.75) is 55.1 Å². The Balaban J connectivity index is 1.23. The van der Waals surface area contributed by atoms with E-state index in [1.807, 2.05) is 35.2 Å². The van der Waals surface area contributed by atoms with Crippen molar-refractivity contribution in [3.05, 3.63) is 35.9 Å². The molecule has 35 heavy (non-hydrogen) atoms. The van der Waals surface area contributed by atoms with Gasteiger partial charge in [-0.1, -0.05) is 30.3 Å². The molecule has 190 valence electrons. The van der Waals surface area contributed by atoms with Crippen LogP contribution >= 0.6 is 0 Å². The molecule has 2 aliphatic heterocycles. The summed E-state index contributed by atoms with van der Waals surface area (Å²) in [5.74, 6) is -2.32. The molecule has 3 saturated carbocycles. The third kappa shape index (κ3) is 3.98. The molecule has 1 N–H and O–H groups in total. The van der Waals surface area contributed by atoms with Gasteiger partial charge in [-0.05, 0) is 43.6 Å². The van der Waals surface area contributed by atoms with Gasteiger partial charge >= 0.3 is 11.9 Å². The molecule has 6 atom stereocenters. The number of ether oxygens (including phenoxy) is 3. The predicted molar refractivity (Wildman–Crippen MR) is 125 cm³/mol. The molecular formula is C25H32N2O7S. The van der Waals surface area contributed by atoms with Crippen LogP contribution in [0.25, 0.3) is 0 Å². The first-order valence-corrected chi connectivity index (χ1v) is 14.2. The lowest BCUT2D eigenvalue weighted by Crippen LogP contribution is -2.49. The monoisotopic (exact) mass is 504 g/mol. The number of benzene rings is 1. The third-order valence-corrected chi connectivity index (χ3v) is 10.6. The molecule has 0 aromatic heterocycles. The van der Waals surface area contributed by atoms with Gasteiger partial charge in [0.1, 0.15) is 11.7 Å². The Labute approximate surface area is 205 Å². The first-order chi connectivity index (χ1) is 16.9. The van der Waals surface area contributed by atoms with Crippen molar-refractivity contribution in [1.29, 1.82) is 0 Å². The van der Waals surface area contributed by atoms with Crippen molar-refractivity contribution in [3.8, 4) is 0 Å². The molecule has 0 amide bonds. The Morgan fingerprint density at radius 3 is 2.51 bits per heavy atom. The van der Waals surface area contributed by atoms with Gasteiger partial charge in [-0.15, -0.1) is 0 Å². The summed E-state index contributed by atoms with van der Waals surface area (Å²) in [5, 5.41) is -0.826. The molecule has 0 radical (unpaired) electrons. The number of carbonyl (C=O) groups is 2. The van der Waals surface area contributed by atoms with E-state index in [0.29, 0.717) is 32.7 Å². The fraction of sp³-hybridized carbons (Fsp3) is 0.680. The number of hydrogen-bond donors (Lipinski definition) is 1. The van der Waals surface area contributed by atoms with Gasteiger partial charge in [0, 0.05) is 19.0 Å². The summed E-state index contributed by atoms with van der Waals surface area (Å²) in [6.07, 6.45) is 3.23. The van der Waals surface area contributed by atoms with Crippen molar-refractivity contribution in [2.75, 3.05) is 32.8 Å². The highest BCUT2D eigenvalue weighted by Crippen LogP contribution is 2.57. The maximum absolute atomic E-state index is 13.7. The molecule has 1 aromatic rings. The average molecular weight is 505 g/mol. The Bertz CT molecular complexity index is 1080. The zero-order valence-corrected chi connectivity index (χ0v) is 20.5. The van der Waals surface area contributed by atoms with Gasteiger partial charge in [0.25, 0.3) is 0 Å². The fourth-order valence-corrected chi connectivity index (χ4v) is 9.43. The van der Waals surface area contributed by atoms with Crippen molar-refractivity contribution >= 4 is 22.0 Å². The number of nitrogens with one attached hydrogen (secondary N) is 1. The van der Waals surface area contributed by atoms with Gasteiger partial charge in [-0.2, -0.15) is 0 Å². The summed E-state index contributed by atoms with van der Waals surface area (Å²) < 4.78 is 46.3. The van der Waals surface area contributed by atoms with Gasteiger partial charge < -0.3 is 14.2 Å². The van der Waals surface area contributed by atoms with E-state index in [9.17, 15) is 18.0 Å². The van der Waals surface area contributed by atoms with E-state index < -0.39 is 50.9 Å². The number of hydrogen-bond acceptors (Lipinski definition) is 8. The second kappa shape index (κ2) is 8.83. The van der Waals surface area contributed by atoms with E-state index >= 15 is 0 Å². The minimum atomic E-state index is -3.71. The van der Waals surface area contributed by atoms with Gasteiger partial charge in [0.2, 0.25) is 10.0 Å². The Hall–Kier alpha value is -2.01. The number of morpholine rings is 1. The molecule has 6 rings (SSSR count). The zero-order valence-electron chi connectivity index (χ0n) is 19.6. The molecule has 5 aliphatic rings. The second-order valence-corrected chi connectivity index (χ2v) is 12.4. The van der Waals surface area contributed by atoms with Crippen LogP contribution in [0.2, 0.25) is 0 Å². The summed E-state index contributed by atoms with van der Waals surface area (Å²) in [4.78, 5) is 28.5. The molecule has 3 aliphatic carbocycles. The molecule has 10 heteroatoms. The normalized spacial score (nSPS) is 36.8. The summed E-state index contributed by atoms with van der Waals surface area (Å²) >= 11 is 0. The Kier molecular flexibility index (Phi) is 5.90. The standard InChI is InChI=1S/C25H32N2O7S/c28-19(15-27-10-12-32-13-11-27)33-22-17-14-18-21(22)26-35(30,31)23(18)20(17)24(29)34-25(8-4-5-9-25)16-6-2-1-3-7-16/h1-3,6-7,17-18,20-23,26H,4-5,8-15H2. The van der Waals surface area contributed by atoms with Crippen molar-refractivity contribution in [1.82, 2.24) is 9.62 Å². The van der Waals surface area contributed by atoms with Crippen LogP contribution in [-0.2, 0) is 39.4 Å². The van der Waals surface area contributed by atoms with E-state index in [1.165, 1.54) is 0 Å². The van der Waals surface area contributed by atoms with Gasteiger partial charge in [0.15, 0.2) is 0 Å². The lowest BCUT2D eigenvalue weighted by Gasteiger charge is -2.35. The van der Waals surface area contributed by atoms with Crippen LogP contribution in [0.1, 0.15) is 37.7 Å². The maximum Gasteiger partial charge on any atom is 0.320 e. The van der Waals surface area contributed by atoms with E-state index in [-0.39, 0.29) is 18.4 Å². The number of nitrogens with zero attached hydrogens (tertiary/aromatic N) is 1. The second-order valence-electron chi connectivity index (χ2n) is 10.6. The largest absolute Gasteiger partial charge is 0.459 e. The Morgan fingerprint density at radius 1 is 1.09 bits per heavy atom. The van der Waals surface area contributed by atoms with E-state index in [4.69, 9.17) is 14.2 Å². The van der Waals surface area contributed by atoms with Gasteiger partial charge in [0.05, 0.1) is 37.0 Å². The summed E-state index contributed by atoms with van der Waals surface area (Å²) in [6, 6.07) is 9.26. The van der Waals surface area contributed by atoms with E-state index in [1.54, 1.807) is 0 Å². The molecular weight excluding hydrogens is 472 g/mol. The lowest BCUT2D eigenvalue weighted by molar-refractivity contribution is -0.173. The fourth-order valence-electron chi connectivity index (χ4n) is 7.15. The SMILES string of the molecule is O=C(CN1CCOCC1)OC1C2CC3C1NS(=O)(=O)C3C2C(=O)OC1(c2ccccc2)CCCC1. The first kappa shape index (κ1) is 23.4. The highest BCUT2D eigenvalue weighted by atomic mass is 32.2. The highest BCUT2D eigenvalue weighted by molar-refractivity contribution is 7.90. The topological polar surface area (TPSA) is 111 Å². The summed E-state index contributed by atoms with van der Waals surface area (Å²) in [7, 11) is -3.71. The zero-order chi connectivity index (χ0) is 24.2. The highest BCUT2D eigenvalue weighted by Gasteiger charge is 2.71. The summed E-state index contributed by atoms with van der Waals surface area (Å²) in [6.45, 7) is 2.58. The van der Waals surface area contributed by atoms with Crippen LogP contribution in [0.15, 0.2) is 30.3 Å². The van der Waals surface area contributed by atoms with E-state index in [0.717, 1.165) is 31.2 Å². The van der Waals surface area contributed by atoms with E-state index in [2.05, 4.69) is 4.72 Å². The van der Waals surface area contributed by atoms with Crippen molar-refractivity contribution < 1.29 is 32.2 Å². The van der Waals surface area contributed by atoms with Crippen LogP contribution in [0.4, 0.5) is 0 Å². The molecule has 2 bridgehead atoms. The summed E-state index contributed by atoms with van der Waals surface area (Å²) in [5.41, 5.74) is 0.227. The molecule has 6 unspecified atom stereocenters. The average Bonchev–Trinajstić information content (AvgIpc) is 3.59. The molecule has 0 spiro atoms. The molecule has 1 aromatic carbocycles. The van der Waals surface area contributed by atoms with Crippen molar-refractivity contribution in [2.24, 2.45) is 17.8 Å². The number of rotatable bonds is 6. The predicted octanol–water partition coefficient (Wildman–Crippen LogP) is 1.18. The minimum Gasteiger partial charge on any atom is -0.459 e. The van der Waals surface area contributed by atoms with Crippen LogP contribution in [0.3, 0.4) is 0 Å². The Morgan fingerprint density at radius 2 is 1.80 bits per heavy atom.